The molecule has 0 spiro atoms. The lowest BCUT2D eigenvalue weighted by molar-refractivity contribution is -0.139. The number of benzene rings is 1. The highest BCUT2D eigenvalue weighted by atomic mass is 32.2. The van der Waals surface area contributed by atoms with Gasteiger partial charge in [0.05, 0.1) is 6.54 Å². The molecule has 0 atom stereocenters. The van der Waals surface area contributed by atoms with Crippen LogP contribution in [0, 0.1) is 11.7 Å². The van der Waals surface area contributed by atoms with Crippen LogP contribution in [0.5, 0.6) is 0 Å². The van der Waals surface area contributed by atoms with Gasteiger partial charge in [-0.25, -0.2) is 9.38 Å². The maximum Gasteiger partial charge on any atom is 0.225 e. The molecular weight excluding hydrogens is 413 g/mol. The Balaban J connectivity index is 1.44. The molecule has 3 rings (SSSR count). The van der Waals surface area contributed by atoms with Crippen molar-refractivity contribution in [3.8, 4) is 0 Å². The highest BCUT2D eigenvalue weighted by Gasteiger charge is 2.30. The molecule has 1 aromatic carbocycles. The first-order valence-electron chi connectivity index (χ1n) is 11.4. The fourth-order valence-electron chi connectivity index (χ4n) is 3.98. The fraction of sp³-hybridized carbons (Fsp3) is 0.652. The lowest BCUT2D eigenvalue weighted by atomic mass is 9.84. The Morgan fingerprint density at radius 3 is 2.61 bits per heavy atom. The summed E-state index contributed by atoms with van der Waals surface area (Å²) in [6.07, 6.45) is 5.38. The molecular formula is C23H36FN5OS. The summed E-state index contributed by atoms with van der Waals surface area (Å²) >= 11 is 1.68. The van der Waals surface area contributed by atoms with Gasteiger partial charge in [0.2, 0.25) is 5.91 Å². The summed E-state index contributed by atoms with van der Waals surface area (Å²) in [6.45, 7) is 8.62. The second-order valence-corrected chi connectivity index (χ2v) is 9.13. The van der Waals surface area contributed by atoms with Crippen LogP contribution in [0.1, 0.15) is 37.3 Å². The molecule has 1 aliphatic carbocycles. The van der Waals surface area contributed by atoms with Crippen LogP contribution < -0.4 is 10.6 Å². The summed E-state index contributed by atoms with van der Waals surface area (Å²) in [7, 11) is 0. The minimum absolute atomic E-state index is 0.198. The average Bonchev–Trinajstić information content (AvgIpc) is 2.72. The predicted octanol–water partition coefficient (Wildman–Crippen LogP) is 2.69. The van der Waals surface area contributed by atoms with E-state index in [1.54, 1.807) is 17.8 Å². The molecule has 1 saturated carbocycles. The number of carbonyl (C=O) groups excluding carboxylic acids is 1. The summed E-state index contributed by atoms with van der Waals surface area (Å²) < 4.78 is 13.6. The van der Waals surface area contributed by atoms with E-state index in [0.717, 1.165) is 81.5 Å². The number of nitrogens with zero attached hydrogens (tertiary/aromatic N) is 3. The van der Waals surface area contributed by atoms with Gasteiger partial charge in [-0.2, -0.15) is 11.8 Å². The molecule has 1 aliphatic heterocycles. The van der Waals surface area contributed by atoms with Crippen molar-refractivity contribution in [1.82, 2.24) is 20.4 Å². The van der Waals surface area contributed by atoms with Crippen molar-refractivity contribution in [2.24, 2.45) is 10.9 Å². The third kappa shape index (κ3) is 7.10. The normalized spacial score (nSPS) is 18.0. The second kappa shape index (κ2) is 12.3. The second-order valence-electron chi connectivity index (χ2n) is 8.26. The van der Waals surface area contributed by atoms with Crippen LogP contribution in [0.15, 0.2) is 23.2 Å². The van der Waals surface area contributed by atoms with E-state index >= 15 is 0 Å². The van der Waals surface area contributed by atoms with Crippen LogP contribution in [0.4, 0.5) is 4.39 Å². The number of carbonyl (C=O) groups is 1. The zero-order valence-corrected chi connectivity index (χ0v) is 19.6. The molecule has 1 aromatic rings. The molecule has 31 heavy (non-hydrogen) atoms. The number of piperazine rings is 1. The van der Waals surface area contributed by atoms with E-state index in [-0.39, 0.29) is 5.82 Å². The standard InChI is InChI=1S/C23H36FN5OS/c1-3-25-23(27-16-19-7-8-21(24)15-20(19)17-31-2)26-9-10-28-11-13-29(14-12-28)22(30)18-5-4-6-18/h7-8,15,18H,3-6,9-14,16-17H2,1-2H3,(H2,25,26,27). The van der Waals surface area contributed by atoms with E-state index in [1.165, 1.54) is 12.5 Å². The maximum absolute atomic E-state index is 13.6. The Kier molecular flexibility index (Phi) is 9.46. The van der Waals surface area contributed by atoms with Gasteiger partial charge in [0.1, 0.15) is 5.82 Å². The van der Waals surface area contributed by atoms with Crippen LogP contribution in [0.25, 0.3) is 0 Å². The van der Waals surface area contributed by atoms with Crippen LogP contribution in [0.2, 0.25) is 0 Å². The molecule has 172 valence electrons. The van der Waals surface area contributed by atoms with Crippen LogP contribution in [-0.2, 0) is 17.1 Å². The topological polar surface area (TPSA) is 60.0 Å². The van der Waals surface area contributed by atoms with Gasteiger partial charge in [-0.05, 0) is 49.3 Å². The van der Waals surface area contributed by atoms with E-state index in [1.807, 2.05) is 24.1 Å². The van der Waals surface area contributed by atoms with Crippen molar-refractivity contribution in [2.75, 3.05) is 52.1 Å². The number of aliphatic imine (C=N–C) groups is 1. The minimum Gasteiger partial charge on any atom is -0.357 e. The summed E-state index contributed by atoms with van der Waals surface area (Å²) in [5.41, 5.74) is 2.06. The molecule has 2 aliphatic rings. The number of nitrogens with one attached hydrogen (secondary N) is 2. The zero-order valence-electron chi connectivity index (χ0n) is 18.8. The first kappa shape index (κ1) is 23.9. The first-order valence-corrected chi connectivity index (χ1v) is 12.8. The van der Waals surface area contributed by atoms with E-state index in [9.17, 15) is 9.18 Å². The monoisotopic (exact) mass is 449 g/mol. The number of amides is 1. The average molecular weight is 450 g/mol. The van der Waals surface area contributed by atoms with Gasteiger partial charge in [-0.1, -0.05) is 12.5 Å². The maximum atomic E-state index is 13.6. The third-order valence-corrected chi connectivity index (χ3v) is 6.68. The molecule has 0 aromatic heterocycles. The van der Waals surface area contributed by atoms with E-state index < -0.39 is 0 Å². The van der Waals surface area contributed by atoms with Crippen molar-refractivity contribution in [3.05, 3.63) is 35.1 Å². The van der Waals surface area contributed by atoms with Crippen LogP contribution in [-0.4, -0.2) is 73.7 Å². The van der Waals surface area contributed by atoms with E-state index in [2.05, 4.69) is 15.5 Å². The molecule has 8 heteroatoms. The van der Waals surface area contributed by atoms with Crippen molar-refractivity contribution >= 4 is 23.6 Å². The summed E-state index contributed by atoms with van der Waals surface area (Å²) in [5.74, 6) is 2.02. The first-order chi connectivity index (χ1) is 15.1. The van der Waals surface area contributed by atoms with Gasteiger partial charge in [0.25, 0.3) is 0 Å². The smallest absolute Gasteiger partial charge is 0.225 e. The summed E-state index contributed by atoms with van der Waals surface area (Å²) in [6, 6.07) is 4.94. The van der Waals surface area contributed by atoms with Gasteiger partial charge >= 0.3 is 0 Å². The number of thioether (sulfide) groups is 1. The number of rotatable bonds is 9. The molecule has 2 N–H and O–H groups in total. The molecule has 6 nitrogen and oxygen atoms in total. The Bertz CT molecular complexity index is 747. The molecule has 2 fully saturated rings. The Hall–Kier alpha value is -1.80. The van der Waals surface area contributed by atoms with Gasteiger partial charge in [-0.3, -0.25) is 9.69 Å². The minimum atomic E-state index is -0.198. The van der Waals surface area contributed by atoms with Crippen molar-refractivity contribution in [2.45, 2.75) is 38.5 Å². The van der Waals surface area contributed by atoms with Crippen molar-refractivity contribution in [3.63, 3.8) is 0 Å². The molecule has 0 bridgehead atoms. The molecule has 0 unspecified atom stereocenters. The van der Waals surface area contributed by atoms with Crippen LogP contribution in [0.3, 0.4) is 0 Å². The van der Waals surface area contributed by atoms with Gasteiger partial charge in [0.15, 0.2) is 5.96 Å². The number of hydrogen-bond acceptors (Lipinski definition) is 4. The van der Waals surface area contributed by atoms with Gasteiger partial charge in [-0.15, -0.1) is 0 Å². The number of halogens is 1. The lowest BCUT2D eigenvalue weighted by Crippen LogP contribution is -2.52. The molecule has 1 heterocycles. The predicted molar refractivity (Wildman–Crippen MR) is 127 cm³/mol. The van der Waals surface area contributed by atoms with Gasteiger partial charge in [0, 0.05) is 57.5 Å². The quantitative estimate of drug-likeness (QED) is 0.448. The zero-order chi connectivity index (χ0) is 22.1. The molecule has 1 saturated heterocycles. The van der Waals surface area contributed by atoms with Crippen molar-refractivity contribution in [1.29, 1.82) is 0 Å². The fourth-order valence-corrected chi connectivity index (χ4v) is 4.56. The summed E-state index contributed by atoms with van der Waals surface area (Å²) in [4.78, 5) is 21.5. The Labute approximate surface area is 190 Å². The van der Waals surface area contributed by atoms with Crippen molar-refractivity contribution < 1.29 is 9.18 Å². The Morgan fingerprint density at radius 1 is 1.19 bits per heavy atom. The highest BCUT2D eigenvalue weighted by molar-refractivity contribution is 7.97. The lowest BCUT2D eigenvalue weighted by Gasteiger charge is -2.38. The third-order valence-electron chi connectivity index (χ3n) is 6.08. The number of hydrogen-bond donors (Lipinski definition) is 2. The summed E-state index contributed by atoms with van der Waals surface area (Å²) in [5, 5.41) is 6.70. The SMILES string of the molecule is CCNC(=NCc1ccc(F)cc1CSC)NCCN1CCN(C(=O)C2CCC2)CC1. The number of guanidine groups is 1. The van der Waals surface area contributed by atoms with E-state index in [4.69, 9.17) is 4.99 Å². The van der Waals surface area contributed by atoms with Crippen LogP contribution >= 0.6 is 11.8 Å². The van der Waals surface area contributed by atoms with Gasteiger partial charge < -0.3 is 15.5 Å². The molecule has 0 radical (unpaired) electrons. The largest absolute Gasteiger partial charge is 0.357 e. The molecule has 1 amide bonds. The highest BCUT2D eigenvalue weighted by Crippen LogP contribution is 2.28. The Morgan fingerprint density at radius 2 is 1.97 bits per heavy atom. The van der Waals surface area contributed by atoms with E-state index in [0.29, 0.717) is 18.4 Å².